The van der Waals surface area contributed by atoms with Gasteiger partial charge >= 0.3 is 0 Å². The van der Waals surface area contributed by atoms with E-state index in [-0.39, 0.29) is 5.91 Å². The summed E-state index contributed by atoms with van der Waals surface area (Å²) in [6.07, 6.45) is 1.84. The summed E-state index contributed by atoms with van der Waals surface area (Å²) in [6.45, 7) is 10.6. The molecule has 4 nitrogen and oxygen atoms in total. The van der Waals surface area contributed by atoms with Gasteiger partial charge in [-0.15, -0.1) is 6.58 Å². The molecule has 2 rings (SSSR count). The molecule has 1 N–H and O–H groups in total. The maximum atomic E-state index is 12.0. The number of aromatic nitrogens is 2. The quantitative estimate of drug-likeness (QED) is 0.869. The lowest BCUT2D eigenvalue weighted by Crippen LogP contribution is -2.35. The fourth-order valence-electron chi connectivity index (χ4n) is 2.02. The highest BCUT2D eigenvalue weighted by molar-refractivity contribution is 5.81. The van der Waals surface area contributed by atoms with Crippen LogP contribution in [-0.4, -0.2) is 15.5 Å². The normalized spacial score (nSPS) is 11.6. The molecule has 0 spiro atoms. The number of rotatable bonds is 4. The zero-order chi connectivity index (χ0) is 14.8. The summed E-state index contributed by atoms with van der Waals surface area (Å²) in [7, 11) is 0. The standard InChI is InChI=1S/C16H21N3O/c1-5-10-19-13-9-7-6-8-12(13)18-14(19)11-17-15(20)16(2,3)4/h5-9H,1,10-11H2,2-4H3,(H,17,20). The van der Waals surface area contributed by atoms with Gasteiger partial charge in [0.2, 0.25) is 5.91 Å². The monoisotopic (exact) mass is 271 g/mol. The molecule has 0 aliphatic carbocycles. The first-order valence-electron chi connectivity index (χ1n) is 6.77. The Balaban J connectivity index is 2.27. The number of amides is 1. The van der Waals surface area contributed by atoms with Crippen molar-refractivity contribution in [3.05, 3.63) is 42.7 Å². The predicted octanol–water partition coefficient (Wildman–Crippen LogP) is 2.88. The summed E-state index contributed by atoms with van der Waals surface area (Å²) in [5, 5.41) is 2.94. The first-order valence-corrected chi connectivity index (χ1v) is 6.77. The van der Waals surface area contributed by atoms with Crippen LogP contribution in [0.1, 0.15) is 26.6 Å². The Bertz CT molecular complexity index is 635. The number of nitrogens with one attached hydrogen (secondary N) is 1. The Hall–Kier alpha value is -2.10. The summed E-state index contributed by atoms with van der Waals surface area (Å²) in [6, 6.07) is 7.96. The number of benzene rings is 1. The third-order valence-electron chi connectivity index (χ3n) is 3.13. The van der Waals surface area contributed by atoms with Crippen molar-refractivity contribution in [1.82, 2.24) is 14.9 Å². The average molecular weight is 271 g/mol. The maximum absolute atomic E-state index is 12.0. The first-order chi connectivity index (χ1) is 9.43. The highest BCUT2D eigenvalue weighted by Crippen LogP contribution is 2.17. The van der Waals surface area contributed by atoms with E-state index in [0.29, 0.717) is 13.1 Å². The molecule has 0 saturated heterocycles. The van der Waals surface area contributed by atoms with Crippen LogP contribution in [0.2, 0.25) is 0 Å². The van der Waals surface area contributed by atoms with E-state index in [9.17, 15) is 4.79 Å². The molecule has 0 unspecified atom stereocenters. The van der Waals surface area contributed by atoms with Gasteiger partial charge in [-0.2, -0.15) is 0 Å². The van der Waals surface area contributed by atoms with Crippen LogP contribution in [0, 0.1) is 5.41 Å². The van der Waals surface area contributed by atoms with Gasteiger partial charge in [0, 0.05) is 12.0 Å². The average Bonchev–Trinajstić information content (AvgIpc) is 2.74. The van der Waals surface area contributed by atoms with Crippen molar-refractivity contribution in [3.8, 4) is 0 Å². The number of carbonyl (C=O) groups is 1. The van der Waals surface area contributed by atoms with E-state index in [1.807, 2.05) is 51.1 Å². The smallest absolute Gasteiger partial charge is 0.225 e. The Labute approximate surface area is 119 Å². The van der Waals surface area contributed by atoms with Gasteiger partial charge in [0.1, 0.15) is 5.82 Å². The molecule has 106 valence electrons. The number of fused-ring (bicyclic) bond motifs is 1. The van der Waals surface area contributed by atoms with Gasteiger partial charge in [-0.1, -0.05) is 39.0 Å². The second-order valence-corrected chi connectivity index (χ2v) is 5.85. The van der Waals surface area contributed by atoms with Gasteiger partial charge in [-0.05, 0) is 12.1 Å². The lowest BCUT2D eigenvalue weighted by molar-refractivity contribution is -0.128. The van der Waals surface area contributed by atoms with E-state index >= 15 is 0 Å². The molecule has 0 atom stereocenters. The van der Waals surface area contributed by atoms with Crippen molar-refractivity contribution in [2.75, 3.05) is 0 Å². The van der Waals surface area contributed by atoms with Gasteiger partial charge < -0.3 is 9.88 Å². The maximum Gasteiger partial charge on any atom is 0.225 e. The fourth-order valence-corrected chi connectivity index (χ4v) is 2.02. The van der Waals surface area contributed by atoms with E-state index in [2.05, 4.69) is 21.4 Å². The third kappa shape index (κ3) is 2.90. The molecule has 0 aliphatic heterocycles. The largest absolute Gasteiger partial charge is 0.348 e. The fraction of sp³-hybridized carbons (Fsp3) is 0.375. The van der Waals surface area contributed by atoms with E-state index in [4.69, 9.17) is 0 Å². The van der Waals surface area contributed by atoms with Crippen molar-refractivity contribution in [2.45, 2.75) is 33.9 Å². The summed E-state index contributed by atoms with van der Waals surface area (Å²) in [4.78, 5) is 16.5. The molecular formula is C16H21N3O. The van der Waals surface area contributed by atoms with E-state index < -0.39 is 5.41 Å². The third-order valence-corrected chi connectivity index (χ3v) is 3.13. The van der Waals surface area contributed by atoms with Gasteiger partial charge in [0.05, 0.1) is 17.6 Å². The minimum atomic E-state index is -0.394. The van der Waals surface area contributed by atoms with Crippen LogP contribution in [0.5, 0.6) is 0 Å². The van der Waals surface area contributed by atoms with Gasteiger partial charge in [0.15, 0.2) is 0 Å². The summed E-state index contributed by atoms with van der Waals surface area (Å²) < 4.78 is 2.07. The number of hydrogen-bond acceptors (Lipinski definition) is 2. The Morgan fingerprint density at radius 2 is 2.10 bits per heavy atom. The van der Waals surface area contributed by atoms with Crippen LogP contribution in [0.25, 0.3) is 11.0 Å². The van der Waals surface area contributed by atoms with E-state index in [0.717, 1.165) is 16.9 Å². The summed E-state index contributed by atoms with van der Waals surface area (Å²) in [5.74, 6) is 0.874. The van der Waals surface area contributed by atoms with Crippen LogP contribution in [0.4, 0.5) is 0 Å². The zero-order valence-electron chi connectivity index (χ0n) is 12.3. The molecule has 1 aromatic carbocycles. The highest BCUT2D eigenvalue weighted by atomic mass is 16.2. The number of nitrogens with zero attached hydrogens (tertiary/aromatic N) is 2. The highest BCUT2D eigenvalue weighted by Gasteiger charge is 2.21. The van der Waals surface area contributed by atoms with Crippen LogP contribution in [-0.2, 0) is 17.9 Å². The first kappa shape index (κ1) is 14.3. The van der Waals surface area contributed by atoms with Gasteiger partial charge in [0.25, 0.3) is 0 Å². The van der Waals surface area contributed by atoms with E-state index in [1.54, 1.807) is 0 Å². The number of hydrogen-bond donors (Lipinski definition) is 1. The lowest BCUT2D eigenvalue weighted by Gasteiger charge is -2.17. The van der Waals surface area contributed by atoms with Crippen LogP contribution in [0.15, 0.2) is 36.9 Å². The molecule has 1 aromatic heterocycles. The molecule has 0 fully saturated rings. The minimum absolute atomic E-state index is 0.0229. The molecule has 0 radical (unpaired) electrons. The number of allylic oxidation sites excluding steroid dienone is 1. The minimum Gasteiger partial charge on any atom is -0.348 e. The van der Waals surface area contributed by atoms with Crippen molar-refractivity contribution in [2.24, 2.45) is 5.41 Å². The lowest BCUT2D eigenvalue weighted by atomic mass is 9.96. The molecular weight excluding hydrogens is 250 g/mol. The van der Waals surface area contributed by atoms with Crippen LogP contribution >= 0.6 is 0 Å². The van der Waals surface area contributed by atoms with Gasteiger partial charge in [-0.25, -0.2) is 4.98 Å². The second-order valence-electron chi connectivity index (χ2n) is 5.85. The molecule has 0 aliphatic rings. The topological polar surface area (TPSA) is 46.9 Å². The Morgan fingerprint density at radius 1 is 1.40 bits per heavy atom. The van der Waals surface area contributed by atoms with Crippen LogP contribution in [0.3, 0.4) is 0 Å². The predicted molar refractivity (Wildman–Crippen MR) is 81.2 cm³/mol. The molecule has 0 saturated carbocycles. The van der Waals surface area contributed by atoms with Crippen molar-refractivity contribution < 1.29 is 4.79 Å². The zero-order valence-corrected chi connectivity index (χ0v) is 12.3. The molecule has 1 heterocycles. The summed E-state index contributed by atoms with van der Waals surface area (Å²) >= 11 is 0. The van der Waals surface area contributed by atoms with Crippen molar-refractivity contribution >= 4 is 16.9 Å². The summed E-state index contributed by atoms with van der Waals surface area (Å²) in [5.41, 5.74) is 1.61. The second kappa shape index (κ2) is 5.49. The number of para-hydroxylation sites is 2. The van der Waals surface area contributed by atoms with E-state index in [1.165, 1.54) is 0 Å². The number of carbonyl (C=O) groups excluding carboxylic acids is 1. The molecule has 20 heavy (non-hydrogen) atoms. The van der Waals surface area contributed by atoms with Gasteiger partial charge in [-0.3, -0.25) is 4.79 Å². The number of imidazole rings is 1. The Kier molecular flexibility index (Phi) is 3.93. The molecule has 1 amide bonds. The van der Waals surface area contributed by atoms with Crippen molar-refractivity contribution in [3.63, 3.8) is 0 Å². The molecule has 0 bridgehead atoms. The Morgan fingerprint density at radius 3 is 2.75 bits per heavy atom. The van der Waals surface area contributed by atoms with Crippen LogP contribution < -0.4 is 5.32 Å². The molecule has 4 heteroatoms. The molecule has 2 aromatic rings. The SMILES string of the molecule is C=CCn1c(CNC(=O)C(C)(C)C)nc2ccccc21. The van der Waals surface area contributed by atoms with Crippen molar-refractivity contribution in [1.29, 1.82) is 0 Å².